The van der Waals surface area contributed by atoms with Gasteiger partial charge in [-0.1, -0.05) is 40.1 Å². The zero-order valence-corrected chi connectivity index (χ0v) is 20.1. The normalized spacial score (nSPS) is 18.6. The Kier molecular flexibility index (Phi) is 11.3. The minimum absolute atomic E-state index is 0.192. The van der Waals surface area contributed by atoms with Crippen molar-refractivity contribution in [2.75, 3.05) is 26.5 Å². The van der Waals surface area contributed by atoms with Gasteiger partial charge in [-0.2, -0.15) is 0 Å². The molecular weight excluding hydrogens is 400 g/mol. The summed E-state index contributed by atoms with van der Waals surface area (Å²) in [5.41, 5.74) is 1.26. The minimum atomic E-state index is 0.192. The molecular formula is C23H38N2O2S2. The molecule has 1 amide bonds. The third kappa shape index (κ3) is 9.67. The summed E-state index contributed by atoms with van der Waals surface area (Å²) in [4.78, 5) is 14.3. The smallest absolute Gasteiger partial charge is 0.220 e. The molecule has 0 saturated carbocycles. The number of carbonyl (C=O) groups excluding carboxylic acids is 1. The molecule has 1 fully saturated rings. The molecule has 1 aromatic rings. The van der Waals surface area contributed by atoms with E-state index < -0.39 is 0 Å². The molecule has 0 aliphatic carbocycles. The van der Waals surface area contributed by atoms with E-state index in [-0.39, 0.29) is 11.9 Å². The largest absolute Gasteiger partial charge is 0.494 e. The summed E-state index contributed by atoms with van der Waals surface area (Å²) >= 11 is 0. The van der Waals surface area contributed by atoms with Crippen LogP contribution in [0.3, 0.4) is 0 Å². The van der Waals surface area contributed by atoms with Crippen LogP contribution >= 0.6 is 21.6 Å². The number of hydrogen-bond acceptors (Lipinski definition) is 5. The van der Waals surface area contributed by atoms with Crippen LogP contribution in [0.2, 0.25) is 0 Å². The molecule has 1 aliphatic rings. The van der Waals surface area contributed by atoms with E-state index in [9.17, 15) is 4.79 Å². The van der Waals surface area contributed by atoms with Gasteiger partial charge >= 0.3 is 0 Å². The molecule has 0 spiro atoms. The monoisotopic (exact) mass is 438 g/mol. The number of hydrogen-bond donors (Lipinski definition) is 1. The van der Waals surface area contributed by atoms with Crippen molar-refractivity contribution in [1.82, 2.24) is 10.2 Å². The van der Waals surface area contributed by atoms with Crippen LogP contribution < -0.4 is 10.1 Å². The number of benzene rings is 1. The molecule has 3 atom stereocenters. The standard InChI is InChI=1S/C23H38N2O2S2/c1-18(24-23(26)13-6-5-12-22-14-16-28-29-22)9-8-15-27-21-11-7-10-20(17-21)19(2)25(3)4/h7,10-11,17-19,22H,5-6,8-9,12-16H2,1-4H3,(H,24,26). The first-order valence-corrected chi connectivity index (χ1v) is 13.3. The van der Waals surface area contributed by atoms with E-state index in [2.05, 4.69) is 56.4 Å². The highest BCUT2D eigenvalue weighted by Crippen LogP contribution is 2.39. The maximum absolute atomic E-state index is 12.1. The lowest BCUT2D eigenvalue weighted by Gasteiger charge is -2.20. The topological polar surface area (TPSA) is 41.6 Å². The van der Waals surface area contributed by atoms with Crippen molar-refractivity contribution in [3.63, 3.8) is 0 Å². The maximum atomic E-state index is 12.1. The van der Waals surface area contributed by atoms with Crippen molar-refractivity contribution in [2.24, 2.45) is 0 Å². The quantitative estimate of drug-likeness (QED) is 0.317. The summed E-state index contributed by atoms with van der Waals surface area (Å²) in [6, 6.07) is 8.90. The van der Waals surface area contributed by atoms with Crippen molar-refractivity contribution in [3.8, 4) is 5.75 Å². The lowest BCUT2D eigenvalue weighted by molar-refractivity contribution is -0.121. The predicted molar refractivity (Wildman–Crippen MR) is 128 cm³/mol. The number of unbranched alkanes of at least 4 members (excludes halogenated alkanes) is 1. The van der Waals surface area contributed by atoms with E-state index in [0.29, 0.717) is 19.1 Å². The van der Waals surface area contributed by atoms with Crippen LogP contribution in [0.25, 0.3) is 0 Å². The van der Waals surface area contributed by atoms with Gasteiger partial charge in [0.2, 0.25) is 5.91 Å². The Balaban J connectivity index is 1.55. The van der Waals surface area contributed by atoms with Crippen LogP contribution in [0.15, 0.2) is 24.3 Å². The van der Waals surface area contributed by atoms with Gasteiger partial charge in [-0.15, -0.1) is 0 Å². The molecule has 4 nitrogen and oxygen atoms in total. The number of rotatable bonds is 13. The highest BCUT2D eigenvalue weighted by Gasteiger charge is 2.16. The van der Waals surface area contributed by atoms with E-state index in [0.717, 1.165) is 30.3 Å². The molecule has 6 heteroatoms. The van der Waals surface area contributed by atoms with Crippen LogP contribution in [-0.4, -0.2) is 48.6 Å². The summed E-state index contributed by atoms with van der Waals surface area (Å²) in [7, 11) is 8.19. The highest BCUT2D eigenvalue weighted by molar-refractivity contribution is 8.77. The van der Waals surface area contributed by atoms with Gasteiger partial charge in [0.15, 0.2) is 0 Å². The molecule has 0 bridgehead atoms. The van der Waals surface area contributed by atoms with Gasteiger partial charge in [0.05, 0.1) is 6.61 Å². The predicted octanol–water partition coefficient (Wildman–Crippen LogP) is 5.69. The van der Waals surface area contributed by atoms with Crippen molar-refractivity contribution in [3.05, 3.63) is 29.8 Å². The minimum Gasteiger partial charge on any atom is -0.494 e. The number of nitrogens with one attached hydrogen (secondary N) is 1. The molecule has 29 heavy (non-hydrogen) atoms. The van der Waals surface area contributed by atoms with Gasteiger partial charge in [0.25, 0.3) is 0 Å². The van der Waals surface area contributed by atoms with Crippen LogP contribution in [0.4, 0.5) is 0 Å². The van der Waals surface area contributed by atoms with Crippen molar-refractivity contribution in [1.29, 1.82) is 0 Å². The van der Waals surface area contributed by atoms with Crippen LogP contribution in [0.1, 0.15) is 70.4 Å². The van der Waals surface area contributed by atoms with Gasteiger partial charge in [-0.05, 0) is 77.7 Å². The first-order valence-electron chi connectivity index (χ1n) is 10.9. The summed E-state index contributed by atoms with van der Waals surface area (Å²) in [6.45, 7) is 4.96. The summed E-state index contributed by atoms with van der Waals surface area (Å²) < 4.78 is 5.93. The summed E-state index contributed by atoms with van der Waals surface area (Å²) in [5.74, 6) is 2.40. The van der Waals surface area contributed by atoms with Crippen LogP contribution in [0, 0.1) is 0 Å². The lowest BCUT2D eigenvalue weighted by atomic mass is 10.1. The number of carbonyl (C=O) groups is 1. The Morgan fingerprint density at radius 1 is 1.28 bits per heavy atom. The van der Waals surface area contributed by atoms with E-state index in [1.807, 2.05) is 27.7 Å². The Morgan fingerprint density at radius 3 is 2.83 bits per heavy atom. The van der Waals surface area contributed by atoms with Crippen molar-refractivity contribution in [2.45, 2.75) is 76.1 Å². The third-order valence-electron chi connectivity index (χ3n) is 5.48. The lowest BCUT2D eigenvalue weighted by Crippen LogP contribution is -2.32. The fourth-order valence-electron chi connectivity index (χ4n) is 3.38. The van der Waals surface area contributed by atoms with Gasteiger partial charge in [-0.3, -0.25) is 4.79 Å². The van der Waals surface area contributed by atoms with E-state index >= 15 is 0 Å². The van der Waals surface area contributed by atoms with Gasteiger partial charge in [-0.25, -0.2) is 0 Å². The molecule has 1 heterocycles. The molecule has 1 aliphatic heterocycles. The van der Waals surface area contributed by atoms with E-state index in [1.54, 1.807) is 0 Å². The molecule has 164 valence electrons. The SMILES string of the molecule is CC(CCCOc1cccc(C(C)N(C)C)c1)NC(=O)CCCCC1CCSS1. The fraction of sp³-hybridized carbons (Fsp3) is 0.696. The number of ether oxygens (including phenoxy) is 1. The average molecular weight is 439 g/mol. The first-order chi connectivity index (χ1) is 14.0. The molecule has 0 aromatic heterocycles. The Bertz CT molecular complexity index is 606. The maximum Gasteiger partial charge on any atom is 0.220 e. The Morgan fingerprint density at radius 2 is 2.10 bits per heavy atom. The fourth-order valence-corrected chi connectivity index (χ4v) is 6.41. The molecule has 1 N–H and O–H groups in total. The Hall–Kier alpha value is -0.850. The van der Waals surface area contributed by atoms with Crippen molar-refractivity contribution >= 4 is 27.5 Å². The summed E-state index contributed by atoms with van der Waals surface area (Å²) in [5, 5.41) is 3.95. The number of amides is 1. The second-order valence-corrected chi connectivity index (χ2v) is 11.0. The van der Waals surface area contributed by atoms with E-state index in [1.165, 1.54) is 30.6 Å². The molecule has 1 aromatic carbocycles. The summed E-state index contributed by atoms with van der Waals surface area (Å²) in [6.07, 6.45) is 7.29. The zero-order valence-electron chi connectivity index (χ0n) is 18.5. The molecule has 3 unspecified atom stereocenters. The third-order valence-corrected chi connectivity index (χ3v) is 8.49. The van der Waals surface area contributed by atoms with Gasteiger partial charge in [0.1, 0.15) is 5.75 Å². The highest BCUT2D eigenvalue weighted by atomic mass is 33.1. The zero-order chi connectivity index (χ0) is 21.1. The van der Waals surface area contributed by atoms with Crippen molar-refractivity contribution < 1.29 is 9.53 Å². The van der Waals surface area contributed by atoms with Gasteiger partial charge in [0, 0.05) is 29.5 Å². The van der Waals surface area contributed by atoms with Crippen LogP contribution in [-0.2, 0) is 4.79 Å². The van der Waals surface area contributed by atoms with E-state index in [4.69, 9.17) is 4.74 Å². The first kappa shape index (κ1) is 24.4. The average Bonchev–Trinajstić information content (AvgIpc) is 3.21. The molecule has 2 rings (SSSR count). The number of nitrogens with zero attached hydrogens (tertiary/aromatic N) is 1. The second-order valence-electron chi connectivity index (χ2n) is 8.25. The van der Waals surface area contributed by atoms with Crippen LogP contribution in [0.5, 0.6) is 5.75 Å². The molecule has 1 saturated heterocycles. The molecule has 0 radical (unpaired) electrons. The second kappa shape index (κ2) is 13.5. The Labute approximate surface area is 185 Å². The van der Waals surface area contributed by atoms with Gasteiger partial charge < -0.3 is 15.0 Å².